The maximum Gasteiger partial charge on any atom is 0.167 e. The number of fused-ring (bicyclic) bond motifs is 6. The third-order valence-electron chi connectivity index (χ3n) is 8.88. The number of hydrogen-bond acceptors (Lipinski definition) is 5. The smallest absolute Gasteiger partial charge is 0.167 e. The van der Waals surface area contributed by atoms with E-state index in [2.05, 4.69) is 12.1 Å². The van der Waals surface area contributed by atoms with Crippen molar-refractivity contribution in [2.75, 3.05) is 0 Å². The Morgan fingerprint density at radius 2 is 1.00 bits per heavy atom. The van der Waals surface area contributed by atoms with Crippen molar-refractivity contribution in [1.29, 1.82) is 0 Å². The van der Waals surface area contributed by atoms with Gasteiger partial charge in [0.15, 0.2) is 17.5 Å². The lowest BCUT2D eigenvalue weighted by molar-refractivity contribution is 0.669. The van der Waals surface area contributed by atoms with Crippen LogP contribution in [0.15, 0.2) is 172 Å². The monoisotopic (exact) mass is 648 g/mol. The molecule has 0 spiro atoms. The lowest BCUT2D eigenvalue weighted by Crippen LogP contribution is -2.00. The van der Waals surface area contributed by atoms with Crippen LogP contribution < -0.4 is 0 Å². The van der Waals surface area contributed by atoms with Gasteiger partial charge in [0.25, 0.3) is 0 Å². The van der Waals surface area contributed by atoms with Crippen molar-refractivity contribution < 1.29 is 18.4 Å². The highest BCUT2D eigenvalue weighted by molar-refractivity contribution is 6.10. The molecule has 0 aliphatic rings. The van der Waals surface area contributed by atoms with Crippen LogP contribution in [-0.2, 0) is 0 Å². The van der Waals surface area contributed by atoms with Gasteiger partial charge in [0.1, 0.15) is 22.3 Å². The van der Waals surface area contributed by atoms with Crippen molar-refractivity contribution in [1.82, 2.24) is 15.0 Å². The number of para-hydroxylation sites is 4. The lowest BCUT2D eigenvalue weighted by atomic mass is 10.00. The first-order valence-corrected chi connectivity index (χ1v) is 16.0. The fraction of sp³-hybridized carbons (Fsp3) is 0. The molecule has 0 saturated heterocycles. The minimum atomic E-state index is -0.478. The third kappa shape index (κ3) is 4.67. The van der Waals surface area contributed by atoms with E-state index in [9.17, 15) is 0 Å². The minimum Gasteiger partial charge on any atom is -0.455 e. The van der Waals surface area contributed by atoms with Gasteiger partial charge in [-0.2, -0.15) is 0 Å². The SMILES string of the molecule is [2H]c1c([2H])c([2H])c2c(oc3c(-c4cccc(-c5nc(-c6ccc(-c7ccccc7)cc6)nc(-c6cccc7c6oc6ccccc67)n5)c4)c([2H])c([2H])c([2H])c32)c1[2H]. The fourth-order valence-corrected chi connectivity index (χ4v) is 6.47. The first-order valence-electron chi connectivity index (χ1n) is 19.5. The van der Waals surface area contributed by atoms with Gasteiger partial charge in [-0.05, 0) is 40.9 Å². The second-order valence-corrected chi connectivity index (χ2v) is 11.9. The summed E-state index contributed by atoms with van der Waals surface area (Å²) in [7, 11) is 0. The summed E-state index contributed by atoms with van der Waals surface area (Å²) in [5.41, 5.74) is 5.97. The van der Waals surface area contributed by atoms with E-state index in [0.29, 0.717) is 39.7 Å². The predicted octanol–water partition coefficient (Wildman–Crippen LogP) is 12.0. The molecule has 0 atom stereocenters. The van der Waals surface area contributed by atoms with E-state index in [1.807, 2.05) is 91.0 Å². The van der Waals surface area contributed by atoms with Crippen LogP contribution in [0.4, 0.5) is 0 Å². The van der Waals surface area contributed by atoms with Crippen molar-refractivity contribution in [3.05, 3.63) is 164 Å². The van der Waals surface area contributed by atoms with Crippen LogP contribution in [0.1, 0.15) is 9.60 Å². The van der Waals surface area contributed by atoms with Crippen LogP contribution in [0.5, 0.6) is 0 Å². The Morgan fingerprint density at radius 1 is 0.380 bits per heavy atom. The van der Waals surface area contributed by atoms with Crippen LogP contribution in [0.25, 0.3) is 100 Å². The second-order valence-electron chi connectivity index (χ2n) is 11.9. The van der Waals surface area contributed by atoms with Crippen molar-refractivity contribution in [3.8, 4) is 56.4 Å². The Bertz CT molecular complexity index is 3270. The summed E-state index contributed by atoms with van der Waals surface area (Å²) >= 11 is 0. The Kier molecular flexibility index (Phi) is 4.99. The third-order valence-corrected chi connectivity index (χ3v) is 8.88. The molecule has 5 heteroatoms. The van der Waals surface area contributed by atoms with Gasteiger partial charge in [-0.3, -0.25) is 0 Å². The van der Waals surface area contributed by atoms with Crippen molar-refractivity contribution in [2.45, 2.75) is 0 Å². The van der Waals surface area contributed by atoms with Crippen LogP contribution in [0.2, 0.25) is 0 Å². The molecule has 5 nitrogen and oxygen atoms in total. The summed E-state index contributed by atoms with van der Waals surface area (Å²) in [6, 6.07) is 36.1. The van der Waals surface area contributed by atoms with Gasteiger partial charge in [-0.15, -0.1) is 0 Å². The van der Waals surface area contributed by atoms with Gasteiger partial charge < -0.3 is 8.83 Å². The molecule has 7 aromatic carbocycles. The van der Waals surface area contributed by atoms with Crippen LogP contribution in [-0.4, -0.2) is 15.0 Å². The minimum absolute atomic E-state index is 0.00305. The molecule has 3 aromatic heterocycles. The highest BCUT2D eigenvalue weighted by Crippen LogP contribution is 2.38. The van der Waals surface area contributed by atoms with Gasteiger partial charge in [-0.25, -0.2) is 15.0 Å². The van der Waals surface area contributed by atoms with Crippen LogP contribution in [0.3, 0.4) is 0 Å². The van der Waals surface area contributed by atoms with Crippen LogP contribution >= 0.6 is 0 Å². The topological polar surface area (TPSA) is 65.0 Å². The van der Waals surface area contributed by atoms with E-state index in [-0.39, 0.29) is 45.6 Å². The van der Waals surface area contributed by atoms with E-state index < -0.39 is 24.2 Å². The molecule has 0 amide bonds. The van der Waals surface area contributed by atoms with E-state index in [4.69, 9.17) is 33.4 Å². The fourth-order valence-electron chi connectivity index (χ4n) is 6.47. The highest BCUT2D eigenvalue weighted by atomic mass is 16.3. The number of furan rings is 2. The molecule has 0 aliphatic heterocycles. The van der Waals surface area contributed by atoms with Gasteiger partial charge in [-0.1, -0.05) is 139 Å². The zero-order valence-corrected chi connectivity index (χ0v) is 26.2. The number of aromatic nitrogens is 3. The lowest BCUT2D eigenvalue weighted by Gasteiger charge is -2.10. The summed E-state index contributed by atoms with van der Waals surface area (Å²) in [6.07, 6.45) is 0. The number of hydrogen-bond donors (Lipinski definition) is 0. The van der Waals surface area contributed by atoms with E-state index in [1.165, 1.54) is 0 Å². The molecule has 0 bridgehead atoms. The molecule has 0 N–H and O–H groups in total. The number of benzene rings is 7. The zero-order valence-electron chi connectivity index (χ0n) is 33.2. The predicted molar refractivity (Wildman–Crippen MR) is 202 cm³/mol. The second kappa shape index (κ2) is 11.4. The van der Waals surface area contributed by atoms with E-state index in [1.54, 1.807) is 18.2 Å². The maximum atomic E-state index is 9.00. The standard InChI is InChI=1S/C45H27N3O2/c1-2-11-28(12-3-1)29-23-25-30(26-24-29)43-46-44(48-45(47-43)38-20-10-19-37-35-16-5-7-22-40(35)50-42(37)38)32-14-8-13-31(27-32)33-17-9-18-36-34-15-4-6-21-39(34)49-41(33)36/h1-27H/i4D,6D,9D,15D,17D,18D,21D. The quantitative estimate of drug-likeness (QED) is 0.186. The first kappa shape index (κ1) is 21.9. The number of rotatable bonds is 5. The molecule has 0 radical (unpaired) electrons. The molecule has 0 aliphatic carbocycles. The summed E-state index contributed by atoms with van der Waals surface area (Å²) in [4.78, 5) is 15.0. The van der Waals surface area contributed by atoms with Gasteiger partial charge in [0.2, 0.25) is 0 Å². The first-order chi connectivity index (χ1) is 27.7. The molecular weight excluding hydrogens is 615 g/mol. The molecule has 10 aromatic rings. The Labute approximate surface area is 297 Å². The summed E-state index contributed by atoms with van der Waals surface area (Å²) < 4.78 is 72.6. The van der Waals surface area contributed by atoms with Crippen molar-refractivity contribution in [3.63, 3.8) is 0 Å². The molecular formula is C45H27N3O2. The van der Waals surface area contributed by atoms with Gasteiger partial charge >= 0.3 is 0 Å². The number of nitrogens with zero attached hydrogens (tertiary/aromatic N) is 3. The summed E-state index contributed by atoms with van der Waals surface area (Å²) in [6.45, 7) is 0. The molecule has 0 unspecified atom stereocenters. The van der Waals surface area contributed by atoms with Gasteiger partial charge in [0.05, 0.1) is 15.2 Å². The average molecular weight is 649 g/mol. The Balaban J connectivity index is 1.19. The molecule has 3 heterocycles. The molecule has 10 rings (SSSR count). The van der Waals surface area contributed by atoms with Crippen LogP contribution in [0, 0.1) is 0 Å². The maximum absolute atomic E-state index is 9.00. The molecule has 234 valence electrons. The summed E-state index contributed by atoms with van der Waals surface area (Å²) in [5, 5.41) is 1.93. The summed E-state index contributed by atoms with van der Waals surface area (Å²) in [5.74, 6) is 1.13. The van der Waals surface area contributed by atoms with E-state index >= 15 is 0 Å². The normalized spacial score (nSPS) is 13.6. The zero-order chi connectivity index (χ0) is 39.1. The van der Waals surface area contributed by atoms with E-state index in [0.717, 1.165) is 33.0 Å². The largest absolute Gasteiger partial charge is 0.455 e. The Hall–Kier alpha value is -6.85. The molecule has 50 heavy (non-hydrogen) atoms. The molecule has 0 fully saturated rings. The highest BCUT2D eigenvalue weighted by Gasteiger charge is 2.19. The van der Waals surface area contributed by atoms with Crippen molar-refractivity contribution >= 4 is 43.9 Å². The van der Waals surface area contributed by atoms with Crippen molar-refractivity contribution in [2.24, 2.45) is 0 Å². The molecule has 0 saturated carbocycles. The average Bonchev–Trinajstić information content (AvgIpc) is 3.84. The Morgan fingerprint density at radius 3 is 1.90 bits per heavy atom. The van der Waals surface area contributed by atoms with Gasteiger partial charge in [0, 0.05) is 38.2 Å².